The summed E-state index contributed by atoms with van der Waals surface area (Å²) in [6, 6.07) is 21.5. The van der Waals surface area contributed by atoms with Gasteiger partial charge in [-0.25, -0.2) is 8.42 Å². The molecule has 0 saturated carbocycles. The second kappa shape index (κ2) is 7.50. The van der Waals surface area contributed by atoms with Gasteiger partial charge in [0.2, 0.25) is 5.43 Å². The quantitative estimate of drug-likeness (QED) is 0.409. The highest BCUT2D eigenvalue weighted by Gasteiger charge is 2.20. The van der Waals surface area contributed by atoms with Gasteiger partial charge in [-0.05, 0) is 52.9 Å². The monoisotopic (exact) mass is 432 g/mol. The predicted molar refractivity (Wildman–Crippen MR) is 125 cm³/mol. The summed E-state index contributed by atoms with van der Waals surface area (Å²) in [5, 5.41) is 0.508. The minimum atomic E-state index is -3.32. The van der Waals surface area contributed by atoms with Gasteiger partial charge in [0.05, 0.1) is 15.8 Å². The fourth-order valence-electron chi connectivity index (χ4n) is 3.60. The molecule has 0 fully saturated rings. The third-order valence-corrected chi connectivity index (χ3v) is 6.51. The van der Waals surface area contributed by atoms with Crippen LogP contribution in [-0.2, 0) is 15.3 Å². The van der Waals surface area contributed by atoms with E-state index in [-0.39, 0.29) is 15.7 Å². The van der Waals surface area contributed by atoms with E-state index in [4.69, 9.17) is 4.42 Å². The molecule has 4 aromatic rings. The molecule has 0 aliphatic rings. The molecule has 5 heteroatoms. The Morgan fingerprint density at radius 3 is 1.94 bits per heavy atom. The smallest absolute Gasteiger partial charge is 0.201 e. The second-order valence-corrected chi connectivity index (χ2v) is 10.8. The number of fused-ring (bicyclic) bond motifs is 1. The number of hydrogen-bond donors (Lipinski definition) is 0. The van der Waals surface area contributed by atoms with Crippen molar-refractivity contribution < 1.29 is 12.8 Å². The maximum atomic E-state index is 13.5. The second-order valence-electron chi connectivity index (χ2n) is 8.76. The Balaban J connectivity index is 1.98. The summed E-state index contributed by atoms with van der Waals surface area (Å²) in [5.74, 6) is 0.423. The Bertz CT molecular complexity index is 1420. The first-order valence-electron chi connectivity index (χ1n) is 10.0. The van der Waals surface area contributed by atoms with Crippen LogP contribution in [0.1, 0.15) is 26.3 Å². The van der Waals surface area contributed by atoms with E-state index in [1.807, 2.05) is 36.4 Å². The molecule has 0 unspecified atom stereocenters. The predicted octanol–water partition coefficient (Wildman–Crippen LogP) is 5.83. The fourth-order valence-corrected chi connectivity index (χ4v) is 4.23. The van der Waals surface area contributed by atoms with Crippen molar-refractivity contribution in [2.75, 3.05) is 6.26 Å². The third kappa shape index (κ3) is 4.06. The van der Waals surface area contributed by atoms with Gasteiger partial charge in [0.15, 0.2) is 9.84 Å². The minimum Gasteiger partial charge on any atom is -0.455 e. The van der Waals surface area contributed by atoms with Gasteiger partial charge >= 0.3 is 0 Å². The lowest BCUT2D eigenvalue weighted by Crippen LogP contribution is -2.11. The number of para-hydroxylation sites is 1. The molecule has 0 aliphatic heterocycles. The molecular weight excluding hydrogens is 408 g/mol. The third-order valence-electron chi connectivity index (χ3n) is 5.38. The standard InChI is InChI=1S/C26H24O4S/c1-26(2,3)19-13-9-17(10-14-19)23-24(27)21-7-5-6-8-22(21)30-25(23)18-11-15-20(16-12-18)31(4,28)29/h5-16H,1-4H3. The van der Waals surface area contributed by atoms with Crippen molar-refractivity contribution in [1.29, 1.82) is 0 Å². The van der Waals surface area contributed by atoms with Crippen LogP contribution in [0.15, 0.2) is 86.9 Å². The van der Waals surface area contributed by atoms with Crippen LogP contribution < -0.4 is 5.43 Å². The van der Waals surface area contributed by atoms with Crippen molar-refractivity contribution in [2.45, 2.75) is 31.1 Å². The molecule has 1 heterocycles. The molecule has 0 amide bonds. The van der Waals surface area contributed by atoms with Gasteiger partial charge in [-0.15, -0.1) is 0 Å². The van der Waals surface area contributed by atoms with E-state index in [0.29, 0.717) is 27.9 Å². The Morgan fingerprint density at radius 2 is 1.35 bits per heavy atom. The number of sulfone groups is 1. The topological polar surface area (TPSA) is 64.3 Å². The van der Waals surface area contributed by atoms with Crippen LogP contribution in [0.25, 0.3) is 33.4 Å². The molecule has 0 spiro atoms. The summed E-state index contributed by atoms with van der Waals surface area (Å²) in [7, 11) is -3.32. The Hall–Kier alpha value is -3.18. The highest BCUT2D eigenvalue weighted by atomic mass is 32.2. The summed E-state index contributed by atoms with van der Waals surface area (Å²) in [6.07, 6.45) is 1.17. The van der Waals surface area contributed by atoms with Gasteiger partial charge < -0.3 is 4.42 Å². The zero-order valence-electron chi connectivity index (χ0n) is 18.0. The normalized spacial score (nSPS) is 12.3. The fraction of sp³-hybridized carbons (Fsp3) is 0.192. The SMILES string of the molecule is CC(C)(C)c1ccc(-c2c(-c3ccc(S(C)(=O)=O)cc3)oc3ccccc3c2=O)cc1. The summed E-state index contributed by atoms with van der Waals surface area (Å²) >= 11 is 0. The van der Waals surface area contributed by atoms with Crippen LogP contribution in [0.5, 0.6) is 0 Å². The summed E-state index contributed by atoms with van der Waals surface area (Å²) in [6.45, 7) is 6.42. The van der Waals surface area contributed by atoms with Gasteiger partial charge in [0, 0.05) is 11.8 Å². The van der Waals surface area contributed by atoms with E-state index in [0.717, 1.165) is 5.56 Å². The largest absolute Gasteiger partial charge is 0.455 e. The van der Waals surface area contributed by atoms with Gasteiger partial charge in [0.25, 0.3) is 0 Å². The first kappa shape index (κ1) is 21.1. The van der Waals surface area contributed by atoms with Gasteiger partial charge in [-0.3, -0.25) is 4.79 Å². The van der Waals surface area contributed by atoms with Crippen molar-refractivity contribution in [3.05, 3.63) is 88.6 Å². The van der Waals surface area contributed by atoms with Gasteiger partial charge in [-0.2, -0.15) is 0 Å². The molecule has 0 N–H and O–H groups in total. The van der Waals surface area contributed by atoms with Crippen molar-refractivity contribution in [3.63, 3.8) is 0 Å². The summed E-state index contributed by atoms with van der Waals surface area (Å²) in [4.78, 5) is 13.7. The minimum absolute atomic E-state index is 0.00309. The average Bonchev–Trinajstić information content (AvgIpc) is 2.73. The molecule has 0 bridgehead atoms. The van der Waals surface area contributed by atoms with Gasteiger partial charge in [0.1, 0.15) is 11.3 Å². The van der Waals surface area contributed by atoms with Crippen LogP contribution in [0.4, 0.5) is 0 Å². The van der Waals surface area contributed by atoms with E-state index >= 15 is 0 Å². The van der Waals surface area contributed by atoms with Crippen LogP contribution >= 0.6 is 0 Å². The Morgan fingerprint density at radius 1 is 0.774 bits per heavy atom. The van der Waals surface area contributed by atoms with E-state index < -0.39 is 9.84 Å². The molecule has 0 atom stereocenters. The lowest BCUT2D eigenvalue weighted by molar-refractivity contribution is 0.590. The highest BCUT2D eigenvalue weighted by molar-refractivity contribution is 7.90. The molecule has 4 rings (SSSR count). The lowest BCUT2D eigenvalue weighted by atomic mass is 9.86. The Kier molecular flexibility index (Phi) is 5.10. The van der Waals surface area contributed by atoms with Crippen LogP contribution in [0.2, 0.25) is 0 Å². The molecular formula is C26H24O4S. The molecule has 31 heavy (non-hydrogen) atoms. The summed E-state index contributed by atoms with van der Waals surface area (Å²) < 4.78 is 29.9. The lowest BCUT2D eigenvalue weighted by Gasteiger charge is -2.19. The number of benzene rings is 3. The average molecular weight is 433 g/mol. The number of hydrogen-bond acceptors (Lipinski definition) is 4. The van der Waals surface area contributed by atoms with Crippen LogP contribution in [0.3, 0.4) is 0 Å². The van der Waals surface area contributed by atoms with E-state index in [1.54, 1.807) is 24.3 Å². The van der Waals surface area contributed by atoms with Crippen molar-refractivity contribution in [1.82, 2.24) is 0 Å². The first-order valence-corrected chi connectivity index (χ1v) is 11.9. The highest BCUT2D eigenvalue weighted by Crippen LogP contribution is 2.34. The van der Waals surface area contributed by atoms with Gasteiger partial charge in [-0.1, -0.05) is 57.2 Å². The molecule has 0 saturated heterocycles. The molecule has 1 aromatic heterocycles. The maximum absolute atomic E-state index is 13.5. The van der Waals surface area contributed by atoms with E-state index in [1.165, 1.54) is 24.0 Å². The van der Waals surface area contributed by atoms with E-state index in [9.17, 15) is 13.2 Å². The molecule has 0 radical (unpaired) electrons. The van der Waals surface area contributed by atoms with E-state index in [2.05, 4.69) is 20.8 Å². The summed E-state index contributed by atoms with van der Waals surface area (Å²) in [5.41, 5.74) is 3.40. The van der Waals surface area contributed by atoms with Crippen LogP contribution in [0, 0.1) is 0 Å². The van der Waals surface area contributed by atoms with Crippen molar-refractivity contribution in [2.24, 2.45) is 0 Å². The zero-order valence-corrected chi connectivity index (χ0v) is 18.8. The Labute approximate surface area is 182 Å². The molecule has 158 valence electrons. The maximum Gasteiger partial charge on any atom is 0.201 e. The first-order chi connectivity index (χ1) is 14.6. The molecule has 0 aliphatic carbocycles. The molecule has 4 nitrogen and oxygen atoms in total. The zero-order chi connectivity index (χ0) is 22.4. The van der Waals surface area contributed by atoms with Crippen LogP contribution in [-0.4, -0.2) is 14.7 Å². The number of rotatable bonds is 3. The molecule has 3 aromatic carbocycles. The van der Waals surface area contributed by atoms with Crippen molar-refractivity contribution >= 4 is 20.8 Å². The van der Waals surface area contributed by atoms with Crippen molar-refractivity contribution in [3.8, 4) is 22.5 Å².